The number of aliphatic carboxylic acids is 1. The predicted octanol–water partition coefficient (Wildman–Crippen LogP) is -7.79. The van der Waals surface area contributed by atoms with Crippen molar-refractivity contribution in [2.75, 3.05) is 24.7 Å². The van der Waals surface area contributed by atoms with Crippen molar-refractivity contribution in [3.05, 3.63) is 71.0 Å². The van der Waals surface area contributed by atoms with Gasteiger partial charge in [-0.1, -0.05) is 0 Å². The van der Waals surface area contributed by atoms with Gasteiger partial charge in [-0.3, -0.25) is 34.3 Å². The highest BCUT2D eigenvalue weighted by Gasteiger charge is 2.49. The van der Waals surface area contributed by atoms with Crippen LogP contribution in [0.25, 0.3) is 0 Å². The predicted molar refractivity (Wildman–Crippen MR) is 174 cm³/mol. The van der Waals surface area contributed by atoms with Gasteiger partial charge in [0.05, 0.1) is 42.7 Å². The van der Waals surface area contributed by atoms with E-state index in [4.69, 9.17) is 9.47 Å². The SMILES string of the molecule is O=C(CCN1c2[nH]c(=O)[nH]c(=O)c2C([C@@H](O)[C@@H](O)[C@H](O[C@@H]2O[C@H](CO)[C@H](O)[C@H](O)[C@H]2O)[C@H](O)CO)c2c1[nH]c(=O)[nH]c2=O)N[C@@H](Cc1cnc[nH]1)C(=O)O. The van der Waals surface area contributed by atoms with E-state index in [2.05, 4.69) is 25.3 Å². The monoisotopic (exact) mass is 770 g/mol. The van der Waals surface area contributed by atoms with E-state index < -0.39 is 150 Å². The number of amides is 1. The molecule has 2 aliphatic rings. The fourth-order valence-corrected chi connectivity index (χ4v) is 6.32. The maximum Gasteiger partial charge on any atom is 0.327 e. The number of rotatable bonds is 15. The average molecular weight is 771 g/mol. The Morgan fingerprint density at radius 1 is 0.926 bits per heavy atom. The number of aliphatic hydroxyl groups excluding tert-OH is 8. The molecule has 1 fully saturated rings. The number of hydrogen-bond donors (Lipinski definition) is 15. The van der Waals surface area contributed by atoms with Gasteiger partial charge in [0.25, 0.3) is 11.1 Å². The van der Waals surface area contributed by atoms with Crippen molar-refractivity contribution in [1.82, 2.24) is 35.2 Å². The van der Waals surface area contributed by atoms with Gasteiger partial charge in [0, 0.05) is 31.3 Å². The number of carbonyl (C=O) groups is 2. The first kappa shape index (κ1) is 40.1. The van der Waals surface area contributed by atoms with Crippen LogP contribution in [-0.2, 0) is 25.5 Å². The van der Waals surface area contributed by atoms with Crippen molar-refractivity contribution in [2.45, 2.75) is 79.9 Å². The first-order chi connectivity index (χ1) is 25.6. The van der Waals surface area contributed by atoms with Crippen molar-refractivity contribution in [3.8, 4) is 0 Å². The second-order valence-corrected chi connectivity index (χ2v) is 12.5. The number of fused-ring (bicyclic) bond motifs is 2. The van der Waals surface area contributed by atoms with Crippen LogP contribution in [0.5, 0.6) is 0 Å². The van der Waals surface area contributed by atoms with Gasteiger partial charge in [-0.2, -0.15) is 0 Å². The van der Waals surface area contributed by atoms with Crippen LogP contribution in [0.3, 0.4) is 0 Å². The van der Waals surface area contributed by atoms with Gasteiger partial charge in [0.15, 0.2) is 6.29 Å². The van der Waals surface area contributed by atoms with E-state index in [0.29, 0.717) is 5.69 Å². The minimum absolute atomic E-state index is 0.185. The number of ether oxygens (including phenoxy) is 2. The molecule has 10 atom stereocenters. The molecule has 3 aromatic heterocycles. The first-order valence-electron chi connectivity index (χ1n) is 16.2. The molecule has 3 aromatic rings. The normalized spacial score (nSPS) is 24.1. The molecule has 54 heavy (non-hydrogen) atoms. The summed E-state index contributed by atoms with van der Waals surface area (Å²) in [4.78, 5) is 92.7. The number of anilines is 2. The van der Waals surface area contributed by atoms with Crippen molar-refractivity contribution >= 4 is 23.5 Å². The molecule has 5 rings (SSSR count). The topological polar surface area (TPSA) is 410 Å². The van der Waals surface area contributed by atoms with E-state index in [1.165, 1.54) is 12.5 Å². The van der Waals surface area contributed by atoms with E-state index in [-0.39, 0.29) is 6.42 Å². The minimum atomic E-state index is -2.46. The van der Waals surface area contributed by atoms with Crippen molar-refractivity contribution < 1.29 is 65.0 Å². The number of hydrogen-bond acceptors (Lipinski definition) is 18. The molecule has 0 aromatic carbocycles. The zero-order chi connectivity index (χ0) is 39.6. The number of aromatic amines is 5. The molecule has 25 nitrogen and oxygen atoms in total. The summed E-state index contributed by atoms with van der Waals surface area (Å²) in [5.74, 6) is -5.26. The number of carbonyl (C=O) groups excluding carboxylic acids is 1. The number of H-pyrrole nitrogens is 5. The van der Waals surface area contributed by atoms with Crippen LogP contribution < -0.4 is 32.7 Å². The molecule has 5 heterocycles. The summed E-state index contributed by atoms with van der Waals surface area (Å²) in [5.41, 5.74) is -5.62. The average Bonchev–Trinajstić information content (AvgIpc) is 3.64. The van der Waals surface area contributed by atoms with Gasteiger partial charge in [-0.25, -0.2) is 19.4 Å². The first-order valence-corrected chi connectivity index (χ1v) is 16.2. The molecular formula is C29H38N8O17. The third-order valence-electron chi connectivity index (χ3n) is 8.99. The molecule has 0 unspecified atom stereocenters. The summed E-state index contributed by atoms with van der Waals surface area (Å²) >= 11 is 0. The standard InChI is InChI=1S/C29H38N8O17/c38-5-10(40)21(54-27-20(46)18(44)16(42)11(6-39)53-27)19(45)17(43)13-14-22(33-28(51)35-24(14)47)37(23-15(13)25(48)36-29(52)34-23)2-1-12(41)32-9(26(49)50)3-8-4-30-7-31-8/h4,7,9-11,13,16-21,27,38-40,42-46H,1-3,5-6H2,(H,30,31)(H,32,41)(H,49,50)(H2,33,35,47,51)(H2,34,36,48,52)/t9-,10+,11+,16-,17+,18-,19+,20+,21+,27-/m0/s1. The molecule has 2 aliphatic heterocycles. The van der Waals surface area contributed by atoms with Crippen LogP contribution in [0, 0.1) is 0 Å². The zero-order valence-corrected chi connectivity index (χ0v) is 27.7. The summed E-state index contributed by atoms with van der Waals surface area (Å²) in [5, 5.41) is 95.8. The summed E-state index contributed by atoms with van der Waals surface area (Å²) < 4.78 is 10.7. The van der Waals surface area contributed by atoms with Gasteiger partial charge in [0.2, 0.25) is 5.91 Å². The van der Waals surface area contributed by atoms with Crippen LogP contribution >= 0.6 is 0 Å². The van der Waals surface area contributed by atoms with Gasteiger partial charge < -0.3 is 70.6 Å². The number of nitrogens with one attached hydrogen (secondary N) is 6. The highest BCUT2D eigenvalue weighted by atomic mass is 16.7. The second kappa shape index (κ2) is 16.5. The van der Waals surface area contributed by atoms with Crippen LogP contribution in [0.4, 0.5) is 11.6 Å². The molecule has 0 bridgehead atoms. The molecule has 1 saturated heterocycles. The summed E-state index contributed by atoms with van der Waals surface area (Å²) in [6, 6.07) is -1.43. The summed E-state index contributed by atoms with van der Waals surface area (Å²) in [7, 11) is 0. The Morgan fingerprint density at radius 2 is 1.54 bits per heavy atom. The molecular weight excluding hydrogens is 732 g/mol. The quantitative estimate of drug-likeness (QED) is 0.0682. The van der Waals surface area contributed by atoms with E-state index in [1.807, 2.05) is 9.97 Å². The third-order valence-corrected chi connectivity index (χ3v) is 8.99. The lowest BCUT2D eigenvalue weighted by atomic mass is 9.81. The van der Waals surface area contributed by atoms with Crippen molar-refractivity contribution in [1.29, 1.82) is 0 Å². The molecule has 0 saturated carbocycles. The van der Waals surface area contributed by atoms with Crippen LogP contribution in [-0.4, -0.2) is 169 Å². The number of aromatic nitrogens is 6. The number of aliphatic hydroxyl groups is 8. The lowest BCUT2D eigenvalue weighted by Gasteiger charge is -2.43. The molecule has 0 aliphatic carbocycles. The van der Waals surface area contributed by atoms with Crippen molar-refractivity contribution in [3.63, 3.8) is 0 Å². The fourth-order valence-electron chi connectivity index (χ4n) is 6.32. The molecule has 0 radical (unpaired) electrons. The minimum Gasteiger partial charge on any atom is -0.480 e. The summed E-state index contributed by atoms with van der Waals surface area (Å²) in [6.45, 7) is -2.62. The van der Waals surface area contributed by atoms with Crippen LogP contribution in [0.2, 0.25) is 0 Å². The lowest BCUT2D eigenvalue weighted by molar-refractivity contribution is -0.327. The molecule has 0 spiro atoms. The molecule has 25 heteroatoms. The highest BCUT2D eigenvalue weighted by Crippen LogP contribution is 2.42. The van der Waals surface area contributed by atoms with Gasteiger partial charge in [0.1, 0.15) is 60.4 Å². The Balaban J connectivity index is 1.51. The van der Waals surface area contributed by atoms with Crippen molar-refractivity contribution in [2.24, 2.45) is 0 Å². The van der Waals surface area contributed by atoms with Gasteiger partial charge >= 0.3 is 17.3 Å². The highest BCUT2D eigenvalue weighted by molar-refractivity contribution is 5.84. The van der Waals surface area contributed by atoms with Gasteiger partial charge in [-0.15, -0.1) is 0 Å². The van der Waals surface area contributed by atoms with E-state index in [9.17, 15) is 74.7 Å². The van der Waals surface area contributed by atoms with Crippen LogP contribution in [0.1, 0.15) is 29.2 Å². The smallest absolute Gasteiger partial charge is 0.327 e. The second-order valence-electron chi connectivity index (χ2n) is 12.5. The molecule has 15 N–H and O–H groups in total. The largest absolute Gasteiger partial charge is 0.480 e. The van der Waals surface area contributed by atoms with Crippen LogP contribution in [0.15, 0.2) is 31.7 Å². The Hall–Kier alpha value is -5.09. The molecule has 296 valence electrons. The Kier molecular flexibility index (Phi) is 12.3. The Morgan fingerprint density at radius 3 is 2.06 bits per heavy atom. The van der Waals surface area contributed by atoms with Gasteiger partial charge in [-0.05, 0) is 0 Å². The van der Waals surface area contributed by atoms with E-state index >= 15 is 0 Å². The maximum absolute atomic E-state index is 13.4. The van der Waals surface area contributed by atoms with E-state index in [1.54, 1.807) is 0 Å². The fraction of sp³-hybridized carbons (Fsp3) is 0.552. The Labute approximate surface area is 299 Å². The third kappa shape index (κ3) is 8.04. The lowest BCUT2D eigenvalue weighted by Crippen LogP contribution is -2.62. The number of nitrogens with zero attached hydrogens (tertiary/aromatic N) is 2. The zero-order valence-electron chi connectivity index (χ0n) is 27.7. The number of carboxylic acids is 1. The number of imidazole rings is 1. The number of carboxylic acid groups (broad SMARTS) is 1. The Bertz CT molecular complexity index is 1950. The van der Waals surface area contributed by atoms with E-state index in [0.717, 1.165) is 4.90 Å². The maximum atomic E-state index is 13.4. The molecule has 1 amide bonds. The summed E-state index contributed by atoms with van der Waals surface area (Å²) in [6.07, 6.45) is -16.8.